The van der Waals surface area contributed by atoms with Crippen molar-refractivity contribution >= 4 is 0 Å². The highest BCUT2D eigenvalue weighted by atomic mass is 19.4. The molecule has 0 aliphatic heterocycles. The van der Waals surface area contributed by atoms with Crippen molar-refractivity contribution < 1.29 is 17.6 Å². The van der Waals surface area contributed by atoms with Gasteiger partial charge in [0.2, 0.25) is 0 Å². The molecule has 0 aromatic heterocycles. The minimum absolute atomic E-state index is 0.123. The van der Waals surface area contributed by atoms with Crippen LogP contribution < -0.4 is 5.32 Å². The van der Waals surface area contributed by atoms with E-state index in [-0.39, 0.29) is 24.7 Å². The van der Waals surface area contributed by atoms with Crippen LogP contribution in [0.15, 0.2) is 18.2 Å². The zero-order valence-electron chi connectivity index (χ0n) is 11.4. The zero-order valence-corrected chi connectivity index (χ0v) is 11.4. The lowest BCUT2D eigenvalue weighted by Crippen LogP contribution is -2.36. The van der Waals surface area contributed by atoms with Gasteiger partial charge in [0.1, 0.15) is 5.82 Å². The Balaban J connectivity index is 1.82. The van der Waals surface area contributed by atoms with Gasteiger partial charge in [0.05, 0.1) is 5.92 Å². The minimum atomic E-state index is -4.06. The Morgan fingerprint density at radius 1 is 1.15 bits per heavy atom. The fourth-order valence-corrected chi connectivity index (χ4v) is 2.74. The molecule has 0 bridgehead atoms. The van der Waals surface area contributed by atoms with Crippen molar-refractivity contribution in [2.45, 2.75) is 51.4 Å². The highest BCUT2D eigenvalue weighted by Gasteiger charge is 2.41. The predicted octanol–water partition coefficient (Wildman–Crippen LogP) is 4.34. The largest absolute Gasteiger partial charge is 0.391 e. The second-order valence-corrected chi connectivity index (χ2v) is 5.54. The van der Waals surface area contributed by atoms with E-state index in [1.54, 1.807) is 6.07 Å². The molecule has 0 atom stereocenters. The quantitative estimate of drug-likeness (QED) is 0.816. The van der Waals surface area contributed by atoms with Gasteiger partial charge in [-0.1, -0.05) is 6.07 Å². The van der Waals surface area contributed by atoms with Crippen molar-refractivity contribution in [3.63, 3.8) is 0 Å². The number of halogens is 4. The van der Waals surface area contributed by atoms with Crippen LogP contribution in [0.25, 0.3) is 0 Å². The molecular weight excluding hydrogens is 270 g/mol. The standard InChI is InChI=1S/C15H19F4N/c1-10-8-13(16)5-2-11(10)9-20-14-6-3-12(4-7-14)15(17,18)19/h2,5,8,12,14,20H,3-4,6-7,9H2,1H3. The van der Waals surface area contributed by atoms with E-state index in [0.29, 0.717) is 19.4 Å². The van der Waals surface area contributed by atoms with E-state index >= 15 is 0 Å². The van der Waals surface area contributed by atoms with Crippen LogP contribution >= 0.6 is 0 Å². The number of alkyl halides is 3. The maximum atomic E-state index is 13.0. The lowest BCUT2D eigenvalue weighted by Gasteiger charge is -2.30. The van der Waals surface area contributed by atoms with Crippen molar-refractivity contribution in [1.82, 2.24) is 5.32 Å². The van der Waals surface area contributed by atoms with Crippen LogP contribution in [0.2, 0.25) is 0 Å². The van der Waals surface area contributed by atoms with Gasteiger partial charge in [-0.2, -0.15) is 13.2 Å². The van der Waals surface area contributed by atoms with Crippen LogP contribution in [0.5, 0.6) is 0 Å². The maximum absolute atomic E-state index is 13.0. The van der Waals surface area contributed by atoms with E-state index < -0.39 is 12.1 Å². The number of hydrogen-bond acceptors (Lipinski definition) is 1. The molecule has 2 rings (SSSR count). The van der Waals surface area contributed by atoms with Crippen LogP contribution in [0, 0.1) is 18.7 Å². The smallest absolute Gasteiger partial charge is 0.310 e. The van der Waals surface area contributed by atoms with Crippen molar-refractivity contribution in [3.8, 4) is 0 Å². The highest BCUT2D eigenvalue weighted by molar-refractivity contribution is 5.26. The minimum Gasteiger partial charge on any atom is -0.310 e. The summed E-state index contributed by atoms with van der Waals surface area (Å²) in [6.45, 7) is 2.41. The lowest BCUT2D eigenvalue weighted by molar-refractivity contribution is -0.182. The molecule has 0 radical (unpaired) electrons. The molecule has 0 heterocycles. The van der Waals surface area contributed by atoms with Gasteiger partial charge in [0, 0.05) is 12.6 Å². The summed E-state index contributed by atoms with van der Waals surface area (Å²) >= 11 is 0. The first-order valence-corrected chi connectivity index (χ1v) is 6.91. The molecule has 0 saturated heterocycles. The molecule has 1 aromatic carbocycles. The van der Waals surface area contributed by atoms with Crippen LogP contribution in [0.1, 0.15) is 36.8 Å². The summed E-state index contributed by atoms with van der Waals surface area (Å²) in [6.07, 6.45) is -2.57. The Morgan fingerprint density at radius 3 is 2.35 bits per heavy atom. The second-order valence-electron chi connectivity index (χ2n) is 5.54. The molecule has 112 valence electrons. The zero-order chi connectivity index (χ0) is 14.8. The van der Waals surface area contributed by atoms with E-state index in [1.165, 1.54) is 12.1 Å². The Labute approximate surface area is 116 Å². The summed E-state index contributed by atoms with van der Waals surface area (Å²) in [7, 11) is 0. The van der Waals surface area contributed by atoms with Gasteiger partial charge >= 0.3 is 6.18 Å². The third-order valence-electron chi connectivity index (χ3n) is 4.08. The molecule has 0 amide bonds. The van der Waals surface area contributed by atoms with Gasteiger partial charge < -0.3 is 5.32 Å². The fraction of sp³-hybridized carbons (Fsp3) is 0.600. The SMILES string of the molecule is Cc1cc(F)ccc1CNC1CCC(C(F)(F)F)CC1. The van der Waals surface area contributed by atoms with E-state index in [4.69, 9.17) is 0 Å². The van der Waals surface area contributed by atoms with Crippen LogP contribution in [-0.2, 0) is 6.54 Å². The number of hydrogen-bond donors (Lipinski definition) is 1. The first-order chi connectivity index (χ1) is 9.36. The Hall–Kier alpha value is -1.10. The number of rotatable bonds is 3. The molecule has 1 aliphatic carbocycles. The summed E-state index contributed by atoms with van der Waals surface area (Å²) < 4.78 is 50.6. The molecule has 1 aliphatic rings. The molecule has 0 unspecified atom stereocenters. The average Bonchev–Trinajstić information content (AvgIpc) is 2.37. The first kappa shape index (κ1) is 15.3. The molecule has 5 heteroatoms. The summed E-state index contributed by atoms with van der Waals surface area (Å²) in [6, 6.07) is 4.72. The van der Waals surface area contributed by atoms with Gasteiger partial charge in [-0.05, 0) is 55.9 Å². The molecule has 1 fully saturated rings. The van der Waals surface area contributed by atoms with Crippen LogP contribution in [0.3, 0.4) is 0 Å². The summed E-state index contributed by atoms with van der Waals surface area (Å²) in [5.74, 6) is -1.41. The highest BCUT2D eigenvalue weighted by Crippen LogP contribution is 2.37. The Morgan fingerprint density at radius 2 is 1.80 bits per heavy atom. The summed E-state index contributed by atoms with van der Waals surface area (Å²) in [5, 5.41) is 3.28. The van der Waals surface area contributed by atoms with Crippen molar-refractivity contribution in [2.24, 2.45) is 5.92 Å². The van der Waals surface area contributed by atoms with Gasteiger partial charge in [-0.15, -0.1) is 0 Å². The number of nitrogens with one attached hydrogen (secondary N) is 1. The summed E-state index contributed by atoms with van der Waals surface area (Å²) in [4.78, 5) is 0. The number of benzene rings is 1. The normalized spacial score (nSPS) is 23.9. The fourth-order valence-electron chi connectivity index (χ4n) is 2.74. The first-order valence-electron chi connectivity index (χ1n) is 6.91. The number of aryl methyl sites for hydroxylation is 1. The monoisotopic (exact) mass is 289 g/mol. The van der Waals surface area contributed by atoms with E-state index in [0.717, 1.165) is 11.1 Å². The van der Waals surface area contributed by atoms with Gasteiger partial charge in [-0.3, -0.25) is 0 Å². The predicted molar refractivity (Wildman–Crippen MR) is 69.8 cm³/mol. The molecular formula is C15H19F4N. The van der Waals surface area contributed by atoms with E-state index in [1.807, 2.05) is 6.92 Å². The average molecular weight is 289 g/mol. The van der Waals surface area contributed by atoms with E-state index in [9.17, 15) is 17.6 Å². The molecule has 1 N–H and O–H groups in total. The molecule has 1 aromatic rings. The molecule has 0 spiro atoms. The third-order valence-corrected chi connectivity index (χ3v) is 4.08. The third kappa shape index (κ3) is 3.95. The van der Waals surface area contributed by atoms with Crippen molar-refractivity contribution in [1.29, 1.82) is 0 Å². The molecule has 1 saturated carbocycles. The molecule has 1 nitrogen and oxygen atoms in total. The van der Waals surface area contributed by atoms with Crippen molar-refractivity contribution in [3.05, 3.63) is 35.1 Å². The topological polar surface area (TPSA) is 12.0 Å². The van der Waals surface area contributed by atoms with Crippen molar-refractivity contribution in [2.75, 3.05) is 0 Å². The van der Waals surface area contributed by atoms with Gasteiger partial charge in [0.25, 0.3) is 0 Å². The Bertz CT molecular complexity index is 448. The summed E-state index contributed by atoms with van der Waals surface area (Å²) in [5.41, 5.74) is 1.85. The van der Waals surface area contributed by atoms with Crippen LogP contribution in [0.4, 0.5) is 17.6 Å². The van der Waals surface area contributed by atoms with Crippen LogP contribution in [-0.4, -0.2) is 12.2 Å². The van der Waals surface area contributed by atoms with Gasteiger partial charge in [0.15, 0.2) is 0 Å². The van der Waals surface area contributed by atoms with E-state index in [2.05, 4.69) is 5.32 Å². The Kier molecular flexibility index (Phi) is 4.68. The lowest BCUT2D eigenvalue weighted by atomic mass is 9.85. The second kappa shape index (κ2) is 6.12. The maximum Gasteiger partial charge on any atom is 0.391 e. The molecule has 20 heavy (non-hydrogen) atoms. The van der Waals surface area contributed by atoms with Gasteiger partial charge in [-0.25, -0.2) is 4.39 Å².